The molecule has 2 fully saturated rings. The second kappa shape index (κ2) is 18.3. The van der Waals surface area contributed by atoms with E-state index in [0.717, 1.165) is 52.2 Å². The lowest BCUT2D eigenvalue weighted by molar-refractivity contribution is -0.133. The minimum Gasteiger partial charge on any atom is -0.506 e. The van der Waals surface area contributed by atoms with E-state index in [1.807, 2.05) is 11.0 Å². The molecular formula is C32H52BrClN4O2. The van der Waals surface area contributed by atoms with Crippen LogP contribution in [-0.2, 0) is 4.79 Å². The Morgan fingerprint density at radius 1 is 1.02 bits per heavy atom. The van der Waals surface area contributed by atoms with Gasteiger partial charge in [-0.2, -0.15) is 0 Å². The molecule has 2 heterocycles. The second-order valence-electron chi connectivity index (χ2n) is 11.7. The molecule has 0 saturated carbocycles. The van der Waals surface area contributed by atoms with Gasteiger partial charge in [-0.15, -0.1) is 0 Å². The first-order valence-corrected chi connectivity index (χ1v) is 16.9. The number of unbranched alkanes of at least 4 members (excludes halogenated alkanes) is 11. The molecule has 0 radical (unpaired) electrons. The molecule has 1 aromatic rings. The number of anilines is 1. The van der Waals surface area contributed by atoms with Crippen molar-refractivity contribution in [2.75, 3.05) is 51.1 Å². The molecule has 2 saturated heterocycles. The molecule has 0 aromatic heterocycles. The Morgan fingerprint density at radius 2 is 1.60 bits per heavy atom. The van der Waals surface area contributed by atoms with E-state index in [-0.39, 0.29) is 17.7 Å². The summed E-state index contributed by atoms with van der Waals surface area (Å²) in [6, 6.07) is 4.22. The first-order valence-electron chi connectivity index (χ1n) is 15.7. The summed E-state index contributed by atoms with van der Waals surface area (Å²) >= 11 is 9.76. The van der Waals surface area contributed by atoms with E-state index in [4.69, 9.17) is 11.6 Å². The van der Waals surface area contributed by atoms with Gasteiger partial charge in [0.1, 0.15) is 5.75 Å². The molecule has 226 valence electrons. The number of carbonyl (C=O) groups is 1. The summed E-state index contributed by atoms with van der Waals surface area (Å²) in [5, 5.41) is 14.8. The third-order valence-corrected chi connectivity index (χ3v) is 9.75. The summed E-state index contributed by atoms with van der Waals surface area (Å²) in [7, 11) is 0. The van der Waals surface area contributed by atoms with Crippen molar-refractivity contribution in [1.82, 2.24) is 14.7 Å². The van der Waals surface area contributed by atoms with Crippen LogP contribution in [-0.4, -0.2) is 83.6 Å². The Bertz CT molecular complexity index is 903. The van der Waals surface area contributed by atoms with Crippen molar-refractivity contribution in [3.63, 3.8) is 0 Å². The van der Waals surface area contributed by atoms with Crippen LogP contribution < -0.4 is 5.32 Å². The van der Waals surface area contributed by atoms with Gasteiger partial charge in [-0.3, -0.25) is 14.6 Å². The van der Waals surface area contributed by atoms with Crippen molar-refractivity contribution in [2.24, 2.45) is 0 Å². The number of benzene rings is 1. The number of aromatic hydroxyl groups is 1. The van der Waals surface area contributed by atoms with Crippen LogP contribution in [0.1, 0.15) is 90.4 Å². The molecule has 6 nitrogen and oxygen atoms in total. The zero-order chi connectivity index (χ0) is 28.7. The fraction of sp³-hybridized carbons (Fsp3) is 0.719. The maximum Gasteiger partial charge on any atom is 0.246 e. The highest BCUT2D eigenvalue weighted by Gasteiger charge is 2.35. The topological polar surface area (TPSA) is 59.1 Å². The first kappa shape index (κ1) is 33.2. The highest BCUT2D eigenvalue weighted by molar-refractivity contribution is 9.10. The van der Waals surface area contributed by atoms with Gasteiger partial charge in [0, 0.05) is 62.4 Å². The second-order valence-corrected chi connectivity index (χ2v) is 13.0. The average molecular weight is 640 g/mol. The Hall–Kier alpha value is -1.28. The Balaban J connectivity index is 1.39. The number of phenolic OH excluding ortho intramolecular Hbond substituents is 1. The molecule has 40 heavy (non-hydrogen) atoms. The summed E-state index contributed by atoms with van der Waals surface area (Å²) in [6.07, 6.45) is 18.7. The van der Waals surface area contributed by atoms with E-state index in [1.54, 1.807) is 6.07 Å². The molecule has 3 rings (SSSR count). The molecule has 8 heteroatoms. The number of phenols is 1. The van der Waals surface area contributed by atoms with Crippen LogP contribution >= 0.6 is 27.5 Å². The summed E-state index contributed by atoms with van der Waals surface area (Å²) in [4.78, 5) is 18.7. The van der Waals surface area contributed by atoms with Gasteiger partial charge < -0.3 is 15.3 Å². The predicted molar refractivity (Wildman–Crippen MR) is 173 cm³/mol. The Morgan fingerprint density at radius 3 is 2.17 bits per heavy atom. The molecule has 1 aromatic carbocycles. The summed E-state index contributed by atoms with van der Waals surface area (Å²) < 4.78 is 0.704. The summed E-state index contributed by atoms with van der Waals surface area (Å²) in [5.41, 5.74) is 0.706. The molecule has 0 spiro atoms. The largest absolute Gasteiger partial charge is 0.506 e. The highest BCUT2D eigenvalue weighted by atomic mass is 79.9. The molecule has 0 bridgehead atoms. The Kier molecular flexibility index (Phi) is 15.2. The number of piperazine rings is 1. The normalized spacial score (nSPS) is 17.5. The summed E-state index contributed by atoms with van der Waals surface area (Å²) in [5.74, 6) is 0.266. The third-order valence-electron chi connectivity index (χ3n) is 8.55. The van der Waals surface area contributed by atoms with Crippen LogP contribution in [0, 0.1) is 0 Å². The highest BCUT2D eigenvalue weighted by Crippen LogP contribution is 2.34. The minimum absolute atomic E-state index is 0.0397. The standard InChI is InChI=1S/C32H52BrClN4O2/c1-3-5-6-7-8-9-10-11-12-13-14-15-16-26(35-30-22-29(34)28(33)21-31(30)39)23-36-17-19-37(20-18-36)27-24-38(25-27)32(40)4-2/h4,21-22,26-27,35,39H,2-3,5-20,23-25H2,1H3. The predicted octanol–water partition coefficient (Wildman–Crippen LogP) is 7.69. The van der Waals surface area contributed by atoms with Crippen molar-refractivity contribution < 1.29 is 9.90 Å². The lowest BCUT2D eigenvalue weighted by atomic mass is 10.0. The fourth-order valence-electron chi connectivity index (χ4n) is 5.93. The first-order chi connectivity index (χ1) is 19.4. The van der Waals surface area contributed by atoms with E-state index in [2.05, 4.69) is 44.5 Å². The van der Waals surface area contributed by atoms with Gasteiger partial charge >= 0.3 is 0 Å². The fourth-order valence-corrected chi connectivity index (χ4v) is 6.43. The van der Waals surface area contributed by atoms with Gasteiger partial charge in [-0.1, -0.05) is 102 Å². The molecular weight excluding hydrogens is 588 g/mol. The van der Waals surface area contributed by atoms with Gasteiger partial charge in [0.2, 0.25) is 5.91 Å². The molecule has 1 atom stereocenters. The van der Waals surface area contributed by atoms with Crippen LogP contribution in [0.25, 0.3) is 0 Å². The number of nitrogens with zero attached hydrogens (tertiary/aromatic N) is 3. The summed E-state index contributed by atoms with van der Waals surface area (Å²) in [6.45, 7) is 12.6. The van der Waals surface area contributed by atoms with Gasteiger partial charge in [0.05, 0.1) is 10.7 Å². The lowest BCUT2D eigenvalue weighted by Crippen LogP contribution is -2.64. The van der Waals surface area contributed by atoms with E-state index < -0.39 is 0 Å². The van der Waals surface area contributed by atoms with Gasteiger partial charge in [-0.05, 0) is 40.6 Å². The van der Waals surface area contributed by atoms with Crippen LogP contribution in [0.4, 0.5) is 5.69 Å². The SMILES string of the molecule is C=CC(=O)N1CC(N2CCN(CC(CCCCCCCCCCCCCC)Nc3cc(Cl)c(Br)cc3O)CC2)C1. The third kappa shape index (κ3) is 11.2. The van der Waals surface area contributed by atoms with Gasteiger partial charge in [-0.25, -0.2) is 0 Å². The molecule has 0 aliphatic carbocycles. The smallest absolute Gasteiger partial charge is 0.246 e. The van der Waals surface area contributed by atoms with Crippen molar-refractivity contribution in [3.05, 3.63) is 34.3 Å². The van der Waals surface area contributed by atoms with Crippen molar-refractivity contribution in [1.29, 1.82) is 0 Å². The maximum atomic E-state index is 11.8. The number of likely N-dealkylation sites (tertiary alicyclic amines) is 1. The monoisotopic (exact) mass is 638 g/mol. The number of hydrogen-bond acceptors (Lipinski definition) is 5. The van der Waals surface area contributed by atoms with Crippen LogP contribution in [0.3, 0.4) is 0 Å². The van der Waals surface area contributed by atoms with Gasteiger partial charge in [0.15, 0.2) is 0 Å². The van der Waals surface area contributed by atoms with E-state index in [1.165, 1.54) is 83.1 Å². The average Bonchev–Trinajstić information content (AvgIpc) is 2.92. The molecule has 2 aliphatic heterocycles. The molecule has 1 amide bonds. The zero-order valence-electron chi connectivity index (χ0n) is 24.7. The molecule has 2 aliphatic rings. The van der Waals surface area contributed by atoms with Crippen molar-refractivity contribution >= 4 is 39.1 Å². The quantitative estimate of drug-likeness (QED) is 0.0923. The van der Waals surface area contributed by atoms with E-state index >= 15 is 0 Å². The number of carbonyl (C=O) groups excluding carboxylic acids is 1. The van der Waals surface area contributed by atoms with E-state index in [9.17, 15) is 9.90 Å². The minimum atomic E-state index is 0.0397. The number of halogens is 2. The Labute approximate surface area is 256 Å². The van der Waals surface area contributed by atoms with Crippen LogP contribution in [0.5, 0.6) is 5.75 Å². The van der Waals surface area contributed by atoms with Crippen LogP contribution in [0.2, 0.25) is 5.02 Å². The number of rotatable bonds is 19. The molecule has 1 unspecified atom stereocenters. The van der Waals surface area contributed by atoms with Crippen molar-refractivity contribution in [3.8, 4) is 5.75 Å². The number of hydrogen-bond donors (Lipinski definition) is 2. The zero-order valence-corrected chi connectivity index (χ0v) is 27.0. The number of nitrogens with one attached hydrogen (secondary N) is 1. The lowest BCUT2D eigenvalue weighted by Gasteiger charge is -2.48. The number of amides is 1. The van der Waals surface area contributed by atoms with Crippen LogP contribution in [0.15, 0.2) is 29.3 Å². The molecule has 2 N–H and O–H groups in total. The maximum absolute atomic E-state index is 11.8. The van der Waals surface area contributed by atoms with E-state index in [0.29, 0.717) is 21.2 Å². The van der Waals surface area contributed by atoms with Gasteiger partial charge in [0.25, 0.3) is 0 Å². The van der Waals surface area contributed by atoms with Crippen molar-refractivity contribution in [2.45, 2.75) is 102 Å².